The van der Waals surface area contributed by atoms with Crippen molar-refractivity contribution in [1.82, 2.24) is 5.32 Å². The van der Waals surface area contributed by atoms with Gasteiger partial charge in [-0.25, -0.2) is 0 Å². The summed E-state index contributed by atoms with van der Waals surface area (Å²) in [6, 6.07) is 17.0. The third kappa shape index (κ3) is 8.47. The zero-order chi connectivity index (χ0) is 30.2. The number of halogens is 2. The fraction of sp³-hybridized carbons (Fsp3) is 0.438. The molecule has 41 heavy (non-hydrogen) atoms. The maximum atomic E-state index is 13.9. The highest BCUT2D eigenvalue weighted by Gasteiger charge is 2.37. The van der Waals surface area contributed by atoms with Crippen LogP contribution in [0.2, 0.25) is 28.2 Å². The number of carbonyl (C=O) groups is 1. The average Bonchev–Trinajstić information content (AvgIpc) is 2.93. The first-order chi connectivity index (χ1) is 19.4. The van der Waals surface area contributed by atoms with E-state index >= 15 is 0 Å². The van der Waals surface area contributed by atoms with Gasteiger partial charge in [-0.1, -0.05) is 74.3 Å². The minimum absolute atomic E-state index is 0.0741. The van der Waals surface area contributed by atoms with Crippen molar-refractivity contribution in [3.05, 3.63) is 75.3 Å². The van der Waals surface area contributed by atoms with E-state index in [1.54, 1.807) is 19.2 Å². The first-order valence-corrected chi connectivity index (χ1v) is 17.5. The fourth-order valence-corrected chi connectivity index (χ4v) is 5.66. The number of nitrogens with one attached hydrogen (secondary N) is 1. The first-order valence-electron chi connectivity index (χ1n) is 13.8. The molecule has 6 nitrogen and oxygen atoms in total. The predicted octanol–water partition coefficient (Wildman–Crippen LogP) is 8.36. The van der Waals surface area contributed by atoms with Crippen molar-refractivity contribution in [2.45, 2.75) is 57.7 Å². The standard InChI is InChI=1S/C32H40Cl2N2O4Si/c1-32(2,3)41(5,6)40-17-14-24(22-12-13-27(33)28(34)19-22)21-36-31(37)29-26-11-8-7-10-23(26)18-25(20-35)30(29)39-16-9-15-38-4/h7-8,10-13,18-19,24H,9,14-17,21H2,1-6H3,(H,36,37)/t24-/m1/s1. The monoisotopic (exact) mass is 614 g/mol. The molecule has 0 bridgehead atoms. The smallest absolute Gasteiger partial charge is 0.255 e. The van der Waals surface area contributed by atoms with Gasteiger partial charge in [0.25, 0.3) is 5.91 Å². The number of nitriles is 1. The van der Waals surface area contributed by atoms with Gasteiger partial charge in [-0.3, -0.25) is 4.79 Å². The van der Waals surface area contributed by atoms with Crippen LogP contribution in [0.3, 0.4) is 0 Å². The van der Waals surface area contributed by atoms with E-state index in [2.05, 4.69) is 45.3 Å². The van der Waals surface area contributed by atoms with Gasteiger partial charge < -0.3 is 19.2 Å². The van der Waals surface area contributed by atoms with Crippen LogP contribution in [0.1, 0.15) is 61.0 Å². The second kappa shape index (κ2) is 14.5. The van der Waals surface area contributed by atoms with Crippen molar-refractivity contribution < 1.29 is 18.7 Å². The zero-order valence-corrected chi connectivity index (χ0v) is 27.3. The van der Waals surface area contributed by atoms with Gasteiger partial charge in [0, 0.05) is 39.2 Å². The third-order valence-electron chi connectivity index (χ3n) is 7.75. The molecule has 0 aliphatic rings. The summed E-state index contributed by atoms with van der Waals surface area (Å²) in [6.45, 7) is 12.8. The molecule has 0 radical (unpaired) electrons. The van der Waals surface area contributed by atoms with Crippen LogP contribution >= 0.6 is 23.2 Å². The van der Waals surface area contributed by atoms with Gasteiger partial charge in [0.2, 0.25) is 0 Å². The number of benzene rings is 3. The van der Waals surface area contributed by atoms with E-state index in [1.165, 1.54) is 0 Å². The Bertz CT molecular complexity index is 1400. The van der Waals surface area contributed by atoms with Crippen LogP contribution in [-0.4, -0.2) is 47.7 Å². The summed E-state index contributed by atoms with van der Waals surface area (Å²) in [5, 5.41) is 15.6. The van der Waals surface area contributed by atoms with E-state index in [1.807, 2.05) is 36.4 Å². The van der Waals surface area contributed by atoms with Gasteiger partial charge in [0.15, 0.2) is 8.32 Å². The van der Waals surface area contributed by atoms with Crippen molar-refractivity contribution >= 4 is 48.2 Å². The van der Waals surface area contributed by atoms with Crippen molar-refractivity contribution in [1.29, 1.82) is 5.26 Å². The molecule has 9 heteroatoms. The summed E-state index contributed by atoms with van der Waals surface area (Å²) >= 11 is 12.6. The number of methoxy groups -OCH3 is 1. The molecule has 0 aromatic heterocycles. The number of hydrogen-bond donors (Lipinski definition) is 1. The Morgan fingerprint density at radius 3 is 2.44 bits per heavy atom. The number of hydrogen-bond acceptors (Lipinski definition) is 5. The highest BCUT2D eigenvalue weighted by atomic mass is 35.5. The molecule has 1 atom stereocenters. The average molecular weight is 616 g/mol. The van der Waals surface area contributed by atoms with E-state index in [9.17, 15) is 10.1 Å². The van der Waals surface area contributed by atoms with Crippen molar-refractivity contribution in [2.75, 3.05) is 33.5 Å². The number of amides is 1. The molecule has 0 spiro atoms. The summed E-state index contributed by atoms with van der Waals surface area (Å²) in [7, 11) is -0.326. The largest absolute Gasteiger partial charge is 0.491 e. The Hall–Kier alpha value is -2.60. The van der Waals surface area contributed by atoms with Crippen LogP contribution in [0, 0.1) is 11.3 Å². The lowest BCUT2D eigenvalue weighted by Crippen LogP contribution is -2.41. The molecule has 1 amide bonds. The first kappa shape index (κ1) is 32.9. The Kier molecular flexibility index (Phi) is 11.7. The zero-order valence-electron chi connectivity index (χ0n) is 24.8. The van der Waals surface area contributed by atoms with E-state index in [0.717, 1.165) is 16.3 Å². The quantitative estimate of drug-likeness (QED) is 0.154. The summed E-state index contributed by atoms with van der Waals surface area (Å²) < 4.78 is 17.6. The van der Waals surface area contributed by atoms with Crippen molar-refractivity contribution in [2.24, 2.45) is 0 Å². The maximum Gasteiger partial charge on any atom is 0.255 e. The fourth-order valence-electron chi connectivity index (χ4n) is 4.29. The molecule has 220 valence electrons. The minimum Gasteiger partial charge on any atom is -0.491 e. The normalized spacial score (nSPS) is 12.7. The van der Waals surface area contributed by atoms with Crippen LogP contribution in [0.4, 0.5) is 0 Å². The van der Waals surface area contributed by atoms with Gasteiger partial charge in [-0.15, -0.1) is 0 Å². The van der Waals surface area contributed by atoms with Gasteiger partial charge in [-0.2, -0.15) is 5.26 Å². The number of ether oxygens (including phenoxy) is 2. The van der Waals surface area contributed by atoms with Crippen LogP contribution in [-0.2, 0) is 9.16 Å². The van der Waals surface area contributed by atoms with Crippen LogP contribution in [0.25, 0.3) is 10.8 Å². The molecule has 0 heterocycles. The third-order valence-corrected chi connectivity index (χ3v) is 13.0. The lowest BCUT2D eigenvalue weighted by Gasteiger charge is -2.36. The maximum absolute atomic E-state index is 13.9. The molecule has 3 aromatic carbocycles. The predicted molar refractivity (Wildman–Crippen MR) is 170 cm³/mol. The molecule has 0 aliphatic heterocycles. The SMILES string of the molecule is COCCCOc1c(C#N)cc2ccccc2c1C(=O)NC[C@@H](CCO[Si](C)(C)C(C)(C)C)c1ccc(Cl)c(Cl)c1. The van der Waals surface area contributed by atoms with Gasteiger partial charge in [0.1, 0.15) is 11.8 Å². The molecule has 0 saturated carbocycles. The van der Waals surface area contributed by atoms with Crippen LogP contribution in [0.5, 0.6) is 5.75 Å². The molecular weight excluding hydrogens is 575 g/mol. The second-order valence-corrected chi connectivity index (χ2v) is 17.3. The molecular formula is C32H40Cl2N2O4Si. The van der Waals surface area contributed by atoms with Gasteiger partial charge in [0.05, 0.1) is 27.8 Å². The van der Waals surface area contributed by atoms with E-state index in [-0.39, 0.29) is 22.6 Å². The van der Waals surface area contributed by atoms with Gasteiger partial charge >= 0.3 is 0 Å². The Morgan fingerprint density at radius 1 is 1.05 bits per heavy atom. The molecule has 1 N–H and O–H groups in total. The topological polar surface area (TPSA) is 80.6 Å². The second-order valence-electron chi connectivity index (χ2n) is 11.6. The minimum atomic E-state index is -1.95. The molecule has 0 unspecified atom stereocenters. The molecule has 0 aliphatic carbocycles. The molecule has 3 rings (SSSR count). The number of carbonyl (C=O) groups excluding carboxylic acids is 1. The van der Waals surface area contributed by atoms with E-state index in [0.29, 0.717) is 60.4 Å². The lowest BCUT2D eigenvalue weighted by atomic mass is 9.95. The number of nitrogens with zero attached hydrogens (tertiary/aromatic N) is 1. The highest BCUT2D eigenvalue weighted by molar-refractivity contribution is 6.74. The highest BCUT2D eigenvalue weighted by Crippen LogP contribution is 2.37. The summed E-state index contributed by atoms with van der Waals surface area (Å²) in [5.41, 5.74) is 1.63. The Labute approximate surface area is 255 Å². The van der Waals surface area contributed by atoms with E-state index in [4.69, 9.17) is 37.1 Å². The van der Waals surface area contributed by atoms with Crippen LogP contribution < -0.4 is 10.1 Å². The van der Waals surface area contributed by atoms with Crippen LogP contribution in [0.15, 0.2) is 48.5 Å². The van der Waals surface area contributed by atoms with E-state index < -0.39 is 8.32 Å². The summed E-state index contributed by atoms with van der Waals surface area (Å²) in [6.07, 6.45) is 1.31. The summed E-state index contributed by atoms with van der Waals surface area (Å²) in [5.74, 6) is -0.0995. The van der Waals surface area contributed by atoms with Gasteiger partial charge in [-0.05, 0) is 59.1 Å². The summed E-state index contributed by atoms with van der Waals surface area (Å²) in [4.78, 5) is 13.9. The Balaban J connectivity index is 1.91. The number of fused-ring (bicyclic) bond motifs is 1. The van der Waals surface area contributed by atoms with Crippen molar-refractivity contribution in [3.8, 4) is 11.8 Å². The number of rotatable bonds is 13. The molecule has 3 aromatic rings. The Morgan fingerprint density at radius 2 is 1.78 bits per heavy atom. The molecule has 0 saturated heterocycles. The molecule has 0 fully saturated rings. The van der Waals surface area contributed by atoms with Crippen molar-refractivity contribution in [3.63, 3.8) is 0 Å². The lowest BCUT2D eigenvalue weighted by molar-refractivity contribution is 0.0946.